The smallest absolute Gasteiger partial charge is 0.250 e. The molecule has 0 radical (unpaired) electrons. The van der Waals surface area contributed by atoms with Crippen molar-refractivity contribution in [1.29, 1.82) is 0 Å². The van der Waals surface area contributed by atoms with Crippen LogP contribution in [0.4, 0.5) is 0 Å². The second kappa shape index (κ2) is 5.47. The monoisotopic (exact) mass is 276 g/mol. The van der Waals surface area contributed by atoms with Crippen molar-refractivity contribution in [1.82, 2.24) is 10.2 Å². The molecule has 20 heavy (non-hydrogen) atoms. The van der Waals surface area contributed by atoms with E-state index >= 15 is 0 Å². The summed E-state index contributed by atoms with van der Waals surface area (Å²) in [6.07, 6.45) is 10.1. The van der Waals surface area contributed by atoms with Crippen molar-refractivity contribution in [2.75, 3.05) is 0 Å². The molecule has 0 bridgehead atoms. The lowest BCUT2D eigenvalue weighted by atomic mass is 9.77. The van der Waals surface area contributed by atoms with Gasteiger partial charge in [-0.25, -0.2) is 0 Å². The summed E-state index contributed by atoms with van der Waals surface area (Å²) in [5.74, 6) is 2.63. The third-order valence-electron chi connectivity index (χ3n) is 4.57. The Morgan fingerprint density at radius 3 is 2.35 bits per heavy atom. The van der Waals surface area contributed by atoms with E-state index in [2.05, 4.69) is 11.2 Å². The normalized spacial score (nSPS) is 27.4. The Hall–Kier alpha value is -1.50. The van der Waals surface area contributed by atoms with Gasteiger partial charge in [0.1, 0.15) is 11.6 Å². The van der Waals surface area contributed by atoms with Crippen molar-refractivity contribution in [2.45, 2.75) is 70.5 Å². The summed E-state index contributed by atoms with van der Waals surface area (Å²) in [6.45, 7) is 5.72. The summed E-state index contributed by atoms with van der Waals surface area (Å²) >= 11 is 0. The summed E-state index contributed by atoms with van der Waals surface area (Å²) in [4.78, 5) is 27.1. The maximum Gasteiger partial charge on any atom is 0.250 e. The summed E-state index contributed by atoms with van der Waals surface area (Å²) in [5.41, 5.74) is -0.703. The molecule has 110 valence electrons. The molecule has 1 spiro atoms. The van der Waals surface area contributed by atoms with E-state index in [-0.39, 0.29) is 23.8 Å². The molecule has 2 fully saturated rings. The van der Waals surface area contributed by atoms with Gasteiger partial charge < -0.3 is 10.2 Å². The van der Waals surface area contributed by atoms with Gasteiger partial charge in [-0.05, 0) is 25.7 Å². The third-order valence-corrected chi connectivity index (χ3v) is 4.57. The van der Waals surface area contributed by atoms with Crippen LogP contribution in [0.5, 0.6) is 0 Å². The average molecular weight is 276 g/mol. The van der Waals surface area contributed by atoms with Gasteiger partial charge in [0.15, 0.2) is 0 Å². The molecule has 2 amide bonds. The van der Waals surface area contributed by atoms with Crippen molar-refractivity contribution in [3.63, 3.8) is 0 Å². The number of nitrogens with zero attached hydrogens (tertiary/aromatic N) is 1. The summed E-state index contributed by atoms with van der Waals surface area (Å²) in [7, 11) is 0. The maximum atomic E-state index is 13.0. The number of rotatable bonds is 2. The van der Waals surface area contributed by atoms with Gasteiger partial charge in [-0.2, -0.15) is 0 Å². The minimum atomic E-state index is -0.703. The zero-order chi connectivity index (χ0) is 14.9. The fraction of sp³-hybridized carbons (Fsp3) is 0.750. The van der Waals surface area contributed by atoms with Crippen LogP contribution in [0.2, 0.25) is 0 Å². The Bertz CT molecular complexity index is 444. The highest BCUT2D eigenvalue weighted by Crippen LogP contribution is 2.35. The first-order valence-corrected chi connectivity index (χ1v) is 7.54. The van der Waals surface area contributed by atoms with Crippen LogP contribution in [0.1, 0.15) is 52.9 Å². The van der Waals surface area contributed by atoms with E-state index in [0.717, 1.165) is 32.1 Å². The van der Waals surface area contributed by atoms with Gasteiger partial charge in [-0.3, -0.25) is 9.59 Å². The van der Waals surface area contributed by atoms with Gasteiger partial charge in [0.25, 0.3) is 0 Å². The van der Waals surface area contributed by atoms with E-state index in [4.69, 9.17) is 6.42 Å². The summed E-state index contributed by atoms with van der Waals surface area (Å²) in [6, 6.07) is -0.805. The molecule has 1 saturated carbocycles. The molecular formula is C16H24N2O2. The standard InChI is InChI=1S/C16H24N2O2/c1-5-12(4)18-13(11(2)3)14(19)17-16(15(18)20)9-7-6-8-10-16/h1,11-13H,6-10H2,2-4H3,(H,17,19). The van der Waals surface area contributed by atoms with E-state index in [1.165, 1.54) is 0 Å². The molecular weight excluding hydrogens is 252 g/mol. The summed E-state index contributed by atoms with van der Waals surface area (Å²) in [5, 5.41) is 3.02. The van der Waals surface area contributed by atoms with Crippen LogP contribution in [0.25, 0.3) is 0 Å². The van der Waals surface area contributed by atoms with Gasteiger partial charge in [0.05, 0.1) is 6.04 Å². The average Bonchev–Trinajstić information content (AvgIpc) is 2.42. The highest BCUT2D eigenvalue weighted by atomic mass is 16.2. The SMILES string of the molecule is C#CC(C)N1C(=O)C2(CCCCC2)NC(=O)C1C(C)C. The Morgan fingerprint density at radius 2 is 1.85 bits per heavy atom. The Balaban J connectivity index is 2.38. The van der Waals surface area contributed by atoms with Gasteiger partial charge in [-0.1, -0.05) is 39.0 Å². The molecule has 0 aromatic rings. The Labute approximate surface area is 121 Å². The predicted octanol–water partition coefficient (Wildman–Crippen LogP) is 1.69. The molecule has 2 unspecified atom stereocenters. The second-order valence-corrected chi connectivity index (χ2v) is 6.38. The molecule has 1 N–H and O–H groups in total. The molecule has 4 heteroatoms. The highest BCUT2D eigenvalue weighted by Gasteiger charge is 2.52. The quantitative estimate of drug-likeness (QED) is 0.780. The first-order chi connectivity index (χ1) is 9.43. The number of nitrogens with one attached hydrogen (secondary N) is 1. The van der Waals surface area contributed by atoms with E-state index < -0.39 is 11.6 Å². The van der Waals surface area contributed by atoms with Crippen LogP contribution in [0, 0.1) is 18.3 Å². The lowest BCUT2D eigenvalue weighted by Gasteiger charge is -2.49. The van der Waals surface area contributed by atoms with Gasteiger partial charge in [0, 0.05) is 0 Å². The molecule has 2 atom stereocenters. The Kier molecular flexibility index (Phi) is 4.08. The van der Waals surface area contributed by atoms with Crippen LogP contribution < -0.4 is 5.32 Å². The molecule has 0 aromatic carbocycles. The first-order valence-electron chi connectivity index (χ1n) is 7.54. The molecule has 2 aliphatic rings. The topological polar surface area (TPSA) is 49.4 Å². The van der Waals surface area contributed by atoms with Gasteiger partial charge >= 0.3 is 0 Å². The highest BCUT2D eigenvalue weighted by molar-refractivity contribution is 6.00. The van der Waals surface area contributed by atoms with Crippen LogP contribution in [-0.2, 0) is 9.59 Å². The predicted molar refractivity (Wildman–Crippen MR) is 77.7 cm³/mol. The van der Waals surface area contributed by atoms with Crippen molar-refractivity contribution < 1.29 is 9.59 Å². The number of carbonyl (C=O) groups is 2. The Morgan fingerprint density at radius 1 is 1.25 bits per heavy atom. The summed E-state index contributed by atoms with van der Waals surface area (Å²) < 4.78 is 0. The maximum absolute atomic E-state index is 13.0. The fourth-order valence-electron chi connectivity index (χ4n) is 3.48. The number of piperazine rings is 1. The van der Waals surface area contributed by atoms with E-state index in [1.54, 1.807) is 4.90 Å². The number of carbonyl (C=O) groups excluding carboxylic acids is 2. The minimum absolute atomic E-state index is 0.0148. The van der Waals surface area contributed by atoms with Crippen LogP contribution >= 0.6 is 0 Å². The van der Waals surface area contributed by atoms with Crippen LogP contribution in [0.15, 0.2) is 0 Å². The number of hydrogen-bond donors (Lipinski definition) is 1. The fourth-order valence-corrected chi connectivity index (χ4v) is 3.48. The third kappa shape index (κ3) is 2.30. The zero-order valence-electron chi connectivity index (χ0n) is 12.6. The van der Waals surface area contributed by atoms with Gasteiger partial charge in [0.2, 0.25) is 11.8 Å². The molecule has 1 aliphatic heterocycles. The van der Waals surface area contributed by atoms with Crippen molar-refractivity contribution in [2.24, 2.45) is 5.92 Å². The second-order valence-electron chi connectivity index (χ2n) is 6.38. The zero-order valence-corrected chi connectivity index (χ0v) is 12.6. The molecule has 2 rings (SSSR count). The largest absolute Gasteiger partial charge is 0.340 e. The number of amides is 2. The van der Waals surface area contributed by atoms with Crippen LogP contribution in [-0.4, -0.2) is 34.3 Å². The lowest BCUT2D eigenvalue weighted by molar-refractivity contribution is -0.159. The van der Waals surface area contributed by atoms with Crippen molar-refractivity contribution >= 4 is 11.8 Å². The minimum Gasteiger partial charge on any atom is -0.340 e. The molecule has 1 aliphatic carbocycles. The van der Waals surface area contributed by atoms with E-state index in [9.17, 15) is 9.59 Å². The van der Waals surface area contributed by atoms with E-state index in [0.29, 0.717) is 0 Å². The van der Waals surface area contributed by atoms with E-state index in [1.807, 2.05) is 20.8 Å². The molecule has 1 heterocycles. The van der Waals surface area contributed by atoms with Crippen molar-refractivity contribution in [3.05, 3.63) is 0 Å². The lowest BCUT2D eigenvalue weighted by Crippen LogP contribution is -2.73. The number of hydrogen-bond acceptors (Lipinski definition) is 2. The van der Waals surface area contributed by atoms with Crippen LogP contribution in [0.3, 0.4) is 0 Å². The van der Waals surface area contributed by atoms with Crippen molar-refractivity contribution in [3.8, 4) is 12.3 Å². The molecule has 0 aromatic heterocycles. The molecule has 4 nitrogen and oxygen atoms in total. The van der Waals surface area contributed by atoms with Gasteiger partial charge in [-0.15, -0.1) is 6.42 Å². The number of terminal acetylenes is 1. The first kappa shape index (κ1) is 14.9. The molecule has 1 saturated heterocycles.